The van der Waals surface area contributed by atoms with Gasteiger partial charge in [-0.2, -0.15) is 5.26 Å². The van der Waals surface area contributed by atoms with Crippen LogP contribution in [-0.2, 0) is 9.59 Å². The van der Waals surface area contributed by atoms with E-state index in [0.717, 1.165) is 10.5 Å². The van der Waals surface area contributed by atoms with Crippen LogP contribution in [0.4, 0.5) is 11.4 Å². The van der Waals surface area contributed by atoms with E-state index in [1.807, 2.05) is 26.0 Å². The van der Waals surface area contributed by atoms with E-state index >= 15 is 0 Å². The number of benzene rings is 3. The lowest BCUT2D eigenvalue weighted by Crippen LogP contribution is -2.32. The van der Waals surface area contributed by atoms with Crippen molar-refractivity contribution in [2.45, 2.75) is 13.8 Å². The van der Waals surface area contributed by atoms with Crippen LogP contribution in [0.2, 0.25) is 5.02 Å². The lowest BCUT2D eigenvalue weighted by Gasteiger charge is -2.16. The number of carbonyl (C=O) groups is 2. The predicted molar refractivity (Wildman–Crippen MR) is 128 cm³/mol. The molecule has 0 unspecified atom stereocenters. The van der Waals surface area contributed by atoms with Gasteiger partial charge in [0.15, 0.2) is 0 Å². The van der Waals surface area contributed by atoms with E-state index in [1.54, 1.807) is 60.7 Å². The van der Waals surface area contributed by atoms with Crippen LogP contribution in [0.5, 0.6) is 5.75 Å². The van der Waals surface area contributed by atoms with Crippen LogP contribution in [0.3, 0.4) is 0 Å². The summed E-state index contributed by atoms with van der Waals surface area (Å²) in [5, 5.41) is 12.7. The van der Waals surface area contributed by atoms with E-state index in [0.29, 0.717) is 39.9 Å². The molecule has 0 saturated carbocycles. The summed E-state index contributed by atoms with van der Waals surface area (Å²) >= 11 is 6.16. The third kappa shape index (κ3) is 4.32. The van der Waals surface area contributed by atoms with Gasteiger partial charge in [-0.1, -0.05) is 29.8 Å². The first-order valence-electron chi connectivity index (χ1n) is 10.3. The highest BCUT2D eigenvalue weighted by molar-refractivity contribution is 6.46. The molecule has 1 heterocycles. The van der Waals surface area contributed by atoms with E-state index in [1.165, 1.54) is 0 Å². The van der Waals surface area contributed by atoms with Gasteiger partial charge in [0, 0.05) is 10.7 Å². The number of hydrogen-bond donors (Lipinski definition) is 1. The number of rotatable bonds is 6. The van der Waals surface area contributed by atoms with Crippen molar-refractivity contribution >= 4 is 40.4 Å². The highest BCUT2D eigenvalue weighted by Gasteiger charge is 2.40. The van der Waals surface area contributed by atoms with Crippen LogP contribution in [0, 0.1) is 18.3 Å². The van der Waals surface area contributed by atoms with Crippen molar-refractivity contribution in [1.29, 1.82) is 5.26 Å². The Kier molecular flexibility index (Phi) is 6.16. The summed E-state index contributed by atoms with van der Waals surface area (Å²) in [7, 11) is 0. The normalized spacial score (nSPS) is 13.3. The van der Waals surface area contributed by atoms with Crippen LogP contribution in [0.15, 0.2) is 72.4 Å². The number of halogens is 1. The summed E-state index contributed by atoms with van der Waals surface area (Å²) in [5.41, 5.74) is 3.29. The minimum Gasteiger partial charge on any atom is -0.494 e. The molecule has 33 heavy (non-hydrogen) atoms. The number of amides is 2. The molecule has 1 aliphatic rings. The van der Waals surface area contributed by atoms with Crippen molar-refractivity contribution in [2.24, 2.45) is 0 Å². The summed E-state index contributed by atoms with van der Waals surface area (Å²) in [6.45, 7) is 4.29. The van der Waals surface area contributed by atoms with Gasteiger partial charge < -0.3 is 10.1 Å². The molecule has 0 bridgehead atoms. The minimum atomic E-state index is -0.493. The van der Waals surface area contributed by atoms with E-state index in [9.17, 15) is 9.59 Å². The fourth-order valence-corrected chi connectivity index (χ4v) is 3.75. The van der Waals surface area contributed by atoms with Crippen LogP contribution in [0.1, 0.15) is 23.6 Å². The van der Waals surface area contributed by atoms with E-state index in [2.05, 4.69) is 5.32 Å². The van der Waals surface area contributed by atoms with Gasteiger partial charge >= 0.3 is 0 Å². The molecule has 6 nitrogen and oxygen atoms in total. The minimum absolute atomic E-state index is 0.152. The topological polar surface area (TPSA) is 82.4 Å². The highest BCUT2D eigenvalue weighted by atomic mass is 35.5. The number of nitrogens with zero attached hydrogens (tertiary/aromatic N) is 2. The Hall–Kier alpha value is -4.08. The second kappa shape index (κ2) is 9.19. The summed E-state index contributed by atoms with van der Waals surface area (Å²) in [6, 6.07) is 20.7. The SMILES string of the molecule is CCOc1ccc(C2=C(Nc3cc(Cl)ccc3C)C(=O)N(c3ccc(C#N)cc3)C2=O)cc1. The number of ether oxygens (including phenoxy) is 1. The maximum Gasteiger partial charge on any atom is 0.282 e. The Bertz CT molecular complexity index is 1310. The van der Waals surface area contributed by atoms with Gasteiger partial charge in [0.2, 0.25) is 0 Å². The fourth-order valence-electron chi connectivity index (χ4n) is 3.58. The maximum absolute atomic E-state index is 13.5. The van der Waals surface area contributed by atoms with Gasteiger partial charge in [0.25, 0.3) is 11.8 Å². The first-order valence-corrected chi connectivity index (χ1v) is 10.7. The Labute approximate surface area is 196 Å². The molecule has 0 saturated heterocycles. The lowest BCUT2D eigenvalue weighted by atomic mass is 10.0. The van der Waals surface area contributed by atoms with Gasteiger partial charge in [-0.05, 0) is 73.5 Å². The number of hydrogen-bond acceptors (Lipinski definition) is 5. The highest BCUT2D eigenvalue weighted by Crippen LogP contribution is 2.35. The zero-order chi connectivity index (χ0) is 23.5. The molecule has 4 rings (SSSR count). The van der Waals surface area contributed by atoms with Crippen LogP contribution in [-0.4, -0.2) is 18.4 Å². The molecular formula is C26H20ClN3O3. The van der Waals surface area contributed by atoms with Gasteiger partial charge in [-0.25, -0.2) is 4.90 Å². The lowest BCUT2D eigenvalue weighted by molar-refractivity contribution is -0.120. The number of nitriles is 1. The standard InChI is InChI=1S/C26H20ClN3O3/c1-3-33-21-12-7-18(8-13-21)23-24(29-22-14-19(27)9-4-16(22)2)26(32)30(25(23)31)20-10-5-17(15-28)6-11-20/h4-14,29H,3H2,1-2H3. The number of imide groups is 1. The van der Waals surface area contributed by atoms with Crippen molar-refractivity contribution in [3.05, 3.63) is 94.1 Å². The van der Waals surface area contributed by atoms with E-state index in [-0.39, 0.29) is 11.3 Å². The van der Waals surface area contributed by atoms with E-state index < -0.39 is 11.8 Å². The fraction of sp³-hybridized carbons (Fsp3) is 0.115. The first-order chi connectivity index (χ1) is 15.9. The van der Waals surface area contributed by atoms with Gasteiger partial charge in [-0.3, -0.25) is 9.59 Å². The van der Waals surface area contributed by atoms with Crippen molar-refractivity contribution in [2.75, 3.05) is 16.8 Å². The average molecular weight is 458 g/mol. The monoisotopic (exact) mass is 457 g/mol. The smallest absolute Gasteiger partial charge is 0.282 e. The van der Waals surface area contributed by atoms with Crippen molar-refractivity contribution in [3.63, 3.8) is 0 Å². The Balaban J connectivity index is 1.81. The molecule has 0 aromatic heterocycles. The molecule has 3 aromatic rings. The maximum atomic E-state index is 13.5. The molecule has 0 atom stereocenters. The second-order valence-electron chi connectivity index (χ2n) is 7.40. The molecule has 0 spiro atoms. The molecule has 0 fully saturated rings. The second-order valence-corrected chi connectivity index (χ2v) is 7.83. The molecule has 0 radical (unpaired) electrons. The van der Waals surface area contributed by atoms with Gasteiger partial charge in [-0.15, -0.1) is 0 Å². The Morgan fingerprint density at radius 3 is 2.33 bits per heavy atom. The Morgan fingerprint density at radius 2 is 1.70 bits per heavy atom. The molecule has 0 aliphatic carbocycles. The number of aryl methyl sites for hydroxylation is 1. The Morgan fingerprint density at radius 1 is 1.00 bits per heavy atom. The van der Waals surface area contributed by atoms with Crippen molar-refractivity contribution in [3.8, 4) is 11.8 Å². The summed E-state index contributed by atoms with van der Waals surface area (Å²) < 4.78 is 5.50. The van der Waals surface area contributed by atoms with Gasteiger partial charge in [0.1, 0.15) is 11.4 Å². The molecule has 164 valence electrons. The van der Waals surface area contributed by atoms with Crippen LogP contribution < -0.4 is 15.0 Å². The summed E-state index contributed by atoms with van der Waals surface area (Å²) in [6.07, 6.45) is 0. The summed E-state index contributed by atoms with van der Waals surface area (Å²) in [4.78, 5) is 28.1. The average Bonchev–Trinajstić information content (AvgIpc) is 3.06. The molecule has 1 N–H and O–H groups in total. The predicted octanol–water partition coefficient (Wildman–Crippen LogP) is 5.32. The molecule has 7 heteroatoms. The largest absolute Gasteiger partial charge is 0.494 e. The van der Waals surface area contributed by atoms with Crippen molar-refractivity contribution in [1.82, 2.24) is 0 Å². The van der Waals surface area contributed by atoms with E-state index in [4.69, 9.17) is 21.6 Å². The van der Waals surface area contributed by atoms with Crippen molar-refractivity contribution < 1.29 is 14.3 Å². The number of carbonyl (C=O) groups excluding carboxylic acids is 2. The zero-order valence-electron chi connectivity index (χ0n) is 18.1. The van der Waals surface area contributed by atoms with Gasteiger partial charge in [0.05, 0.1) is 29.5 Å². The quantitative estimate of drug-likeness (QED) is 0.507. The zero-order valence-corrected chi connectivity index (χ0v) is 18.8. The summed E-state index contributed by atoms with van der Waals surface area (Å²) in [5.74, 6) is -0.285. The first kappa shape index (κ1) is 22.1. The third-order valence-electron chi connectivity index (χ3n) is 5.25. The molecule has 3 aromatic carbocycles. The third-order valence-corrected chi connectivity index (χ3v) is 5.49. The molecule has 2 amide bonds. The van der Waals surface area contributed by atoms with Crippen LogP contribution in [0.25, 0.3) is 5.57 Å². The number of anilines is 2. The molecular weight excluding hydrogens is 438 g/mol. The number of nitrogens with one attached hydrogen (secondary N) is 1. The van der Waals surface area contributed by atoms with Crippen LogP contribution >= 0.6 is 11.6 Å². The molecule has 1 aliphatic heterocycles.